The standard InChI is InChI=1S/C14H16ClFO/c1-2-17-12-9-8-11(13(15)14(12)16)10-6-4-3-5-7-10/h6,8-9H,2-5,7H2,1H3. The van der Waals surface area contributed by atoms with E-state index >= 15 is 0 Å². The lowest BCUT2D eigenvalue weighted by atomic mass is 9.93. The van der Waals surface area contributed by atoms with Gasteiger partial charge in [-0.05, 0) is 55.9 Å². The quantitative estimate of drug-likeness (QED) is 0.750. The van der Waals surface area contributed by atoms with E-state index in [1.54, 1.807) is 6.07 Å². The second kappa shape index (κ2) is 5.54. The van der Waals surface area contributed by atoms with Crippen molar-refractivity contribution >= 4 is 17.2 Å². The number of allylic oxidation sites excluding steroid dienone is 2. The Kier molecular flexibility index (Phi) is 4.06. The van der Waals surface area contributed by atoms with Gasteiger partial charge in [0.15, 0.2) is 11.6 Å². The Balaban J connectivity index is 2.36. The minimum atomic E-state index is -0.447. The number of rotatable bonds is 3. The van der Waals surface area contributed by atoms with Crippen LogP contribution in [0.2, 0.25) is 5.02 Å². The third-order valence-corrected chi connectivity index (χ3v) is 3.35. The molecular weight excluding hydrogens is 239 g/mol. The molecule has 0 N–H and O–H groups in total. The topological polar surface area (TPSA) is 9.23 Å². The lowest BCUT2D eigenvalue weighted by Gasteiger charge is -2.15. The number of ether oxygens (including phenoxy) is 1. The highest BCUT2D eigenvalue weighted by Gasteiger charge is 2.16. The summed E-state index contributed by atoms with van der Waals surface area (Å²) in [5.74, 6) is -0.213. The second-order valence-corrected chi connectivity index (χ2v) is 4.53. The summed E-state index contributed by atoms with van der Waals surface area (Å²) in [6, 6.07) is 3.52. The molecule has 2 rings (SSSR count). The maximum atomic E-state index is 13.9. The molecule has 1 aliphatic rings. The minimum absolute atomic E-state index is 0.184. The van der Waals surface area contributed by atoms with Crippen LogP contribution < -0.4 is 4.74 Å². The number of benzene rings is 1. The van der Waals surface area contributed by atoms with Gasteiger partial charge in [-0.3, -0.25) is 0 Å². The largest absolute Gasteiger partial charge is 0.491 e. The van der Waals surface area contributed by atoms with Crippen LogP contribution in [0.5, 0.6) is 5.75 Å². The van der Waals surface area contributed by atoms with Crippen molar-refractivity contribution < 1.29 is 9.13 Å². The molecule has 0 saturated heterocycles. The minimum Gasteiger partial charge on any atom is -0.491 e. The summed E-state index contributed by atoms with van der Waals surface area (Å²) in [7, 11) is 0. The van der Waals surface area contributed by atoms with E-state index in [0.29, 0.717) is 6.61 Å². The zero-order valence-corrected chi connectivity index (χ0v) is 10.7. The molecule has 0 spiro atoms. The third-order valence-electron chi connectivity index (χ3n) is 2.98. The first-order valence-corrected chi connectivity index (χ1v) is 6.42. The van der Waals surface area contributed by atoms with E-state index in [-0.39, 0.29) is 10.8 Å². The van der Waals surface area contributed by atoms with Crippen molar-refractivity contribution in [3.63, 3.8) is 0 Å². The number of hydrogen-bond donors (Lipinski definition) is 0. The molecule has 92 valence electrons. The highest BCUT2D eigenvalue weighted by Crippen LogP contribution is 2.36. The Morgan fingerprint density at radius 3 is 2.82 bits per heavy atom. The molecule has 0 unspecified atom stereocenters. The van der Waals surface area contributed by atoms with Crippen molar-refractivity contribution in [3.05, 3.63) is 34.6 Å². The second-order valence-electron chi connectivity index (χ2n) is 4.15. The molecular formula is C14H16ClFO. The zero-order valence-electron chi connectivity index (χ0n) is 9.93. The van der Waals surface area contributed by atoms with E-state index in [9.17, 15) is 4.39 Å². The SMILES string of the molecule is CCOc1ccc(C2=CCCCC2)c(Cl)c1F. The molecule has 0 heterocycles. The van der Waals surface area contributed by atoms with Crippen molar-refractivity contribution in [1.29, 1.82) is 0 Å². The fourth-order valence-corrected chi connectivity index (χ4v) is 2.41. The number of hydrogen-bond acceptors (Lipinski definition) is 1. The van der Waals surface area contributed by atoms with Gasteiger partial charge in [0.05, 0.1) is 11.6 Å². The van der Waals surface area contributed by atoms with Crippen molar-refractivity contribution in [2.24, 2.45) is 0 Å². The summed E-state index contributed by atoms with van der Waals surface area (Å²) in [4.78, 5) is 0. The molecule has 0 atom stereocenters. The maximum Gasteiger partial charge on any atom is 0.184 e. The molecule has 1 aromatic rings. The smallest absolute Gasteiger partial charge is 0.184 e. The van der Waals surface area contributed by atoms with Gasteiger partial charge in [-0.1, -0.05) is 17.7 Å². The molecule has 0 aromatic heterocycles. The highest BCUT2D eigenvalue weighted by molar-refractivity contribution is 6.32. The Morgan fingerprint density at radius 1 is 1.35 bits per heavy atom. The fraction of sp³-hybridized carbons (Fsp3) is 0.429. The monoisotopic (exact) mass is 254 g/mol. The first-order chi connectivity index (χ1) is 8.24. The van der Waals surface area contributed by atoms with Crippen LogP contribution >= 0.6 is 11.6 Å². The average molecular weight is 255 g/mol. The summed E-state index contributed by atoms with van der Waals surface area (Å²) >= 11 is 6.07. The molecule has 1 aliphatic carbocycles. The summed E-state index contributed by atoms with van der Waals surface area (Å²) in [5, 5.41) is 0.184. The van der Waals surface area contributed by atoms with Crippen molar-refractivity contribution in [3.8, 4) is 5.75 Å². The molecule has 0 amide bonds. The molecule has 0 bridgehead atoms. The van der Waals surface area contributed by atoms with E-state index in [0.717, 1.165) is 30.4 Å². The third kappa shape index (κ3) is 2.63. The Bertz CT molecular complexity index is 440. The van der Waals surface area contributed by atoms with Crippen LogP contribution in [-0.2, 0) is 0 Å². The summed E-state index contributed by atoms with van der Waals surface area (Å²) in [5.41, 5.74) is 1.97. The van der Waals surface area contributed by atoms with Crippen LogP contribution in [0.1, 0.15) is 38.2 Å². The predicted octanol–water partition coefficient (Wildman–Crippen LogP) is 4.84. The van der Waals surface area contributed by atoms with Gasteiger partial charge >= 0.3 is 0 Å². The van der Waals surface area contributed by atoms with Crippen LogP contribution in [-0.4, -0.2) is 6.61 Å². The van der Waals surface area contributed by atoms with Crippen LogP contribution in [0.3, 0.4) is 0 Å². The van der Waals surface area contributed by atoms with Gasteiger partial charge in [0.2, 0.25) is 0 Å². The molecule has 3 heteroatoms. The lowest BCUT2D eigenvalue weighted by molar-refractivity contribution is 0.321. The van der Waals surface area contributed by atoms with E-state index in [4.69, 9.17) is 16.3 Å². The van der Waals surface area contributed by atoms with E-state index in [2.05, 4.69) is 6.08 Å². The Morgan fingerprint density at radius 2 is 2.18 bits per heavy atom. The maximum absolute atomic E-state index is 13.9. The molecule has 0 saturated carbocycles. The van der Waals surface area contributed by atoms with Crippen molar-refractivity contribution in [2.75, 3.05) is 6.61 Å². The van der Waals surface area contributed by atoms with Gasteiger partial charge in [0.1, 0.15) is 0 Å². The van der Waals surface area contributed by atoms with Gasteiger partial charge in [-0.2, -0.15) is 0 Å². The van der Waals surface area contributed by atoms with Crippen molar-refractivity contribution in [1.82, 2.24) is 0 Å². The first-order valence-electron chi connectivity index (χ1n) is 6.04. The highest BCUT2D eigenvalue weighted by atomic mass is 35.5. The van der Waals surface area contributed by atoms with Gasteiger partial charge in [-0.25, -0.2) is 4.39 Å². The summed E-state index contributed by atoms with van der Waals surface area (Å²) in [6.45, 7) is 2.26. The summed E-state index contributed by atoms with van der Waals surface area (Å²) in [6.07, 6.45) is 6.55. The Labute approximate surface area is 106 Å². The van der Waals surface area contributed by atoms with Crippen LogP contribution in [0.4, 0.5) is 4.39 Å². The van der Waals surface area contributed by atoms with E-state index in [1.807, 2.05) is 13.0 Å². The summed E-state index contributed by atoms with van der Waals surface area (Å²) < 4.78 is 19.1. The number of halogens is 2. The van der Waals surface area contributed by atoms with Crippen molar-refractivity contribution in [2.45, 2.75) is 32.6 Å². The van der Waals surface area contributed by atoms with Crippen LogP contribution in [0.15, 0.2) is 18.2 Å². The average Bonchev–Trinajstić information content (AvgIpc) is 2.36. The van der Waals surface area contributed by atoms with E-state index < -0.39 is 5.82 Å². The Hall–Kier alpha value is -1.02. The molecule has 0 fully saturated rings. The van der Waals surface area contributed by atoms with E-state index in [1.165, 1.54) is 6.42 Å². The molecule has 1 aromatic carbocycles. The fourth-order valence-electron chi connectivity index (χ4n) is 2.13. The van der Waals surface area contributed by atoms with Gasteiger partial charge in [0, 0.05) is 0 Å². The first kappa shape index (κ1) is 12.4. The van der Waals surface area contributed by atoms with Gasteiger partial charge in [0.25, 0.3) is 0 Å². The normalized spacial score (nSPS) is 15.6. The molecule has 0 aliphatic heterocycles. The molecule has 0 radical (unpaired) electrons. The predicted molar refractivity (Wildman–Crippen MR) is 69.0 cm³/mol. The van der Waals surface area contributed by atoms with Crippen LogP contribution in [0, 0.1) is 5.82 Å². The lowest BCUT2D eigenvalue weighted by Crippen LogP contribution is -1.99. The van der Waals surface area contributed by atoms with Gasteiger partial charge in [-0.15, -0.1) is 0 Å². The van der Waals surface area contributed by atoms with Crippen LogP contribution in [0.25, 0.3) is 5.57 Å². The molecule has 17 heavy (non-hydrogen) atoms. The van der Waals surface area contributed by atoms with Gasteiger partial charge < -0.3 is 4.74 Å². The molecule has 1 nitrogen and oxygen atoms in total. The zero-order chi connectivity index (χ0) is 12.3.